The minimum atomic E-state index is -0.741. The van der Waals surface area contributed by atoms with Crippen LogP contribution in [-0.4, -0.2) is 21.5 Å². The van der Waals surface area contributed by atoms with Gasteiger partial charge in [-0.2, -0.15) is 4.73 Å². The van der Waals surface area contributed by atoms with E-state index in [-0.39, 0.29) is 0 Å². The van der Waals surface area contributed by atoms with Crippen LogP contribution in [0.2, 0.25) is 0 Å². The van der Waals surface area contributed by atoms with Crippen LogP contribution in [0.5, 0.6) is 0 Å². The Morgan fingerprint density at radius 2 is 2.14 bits per heavy atom. The number of aromatic nitrogens is 2. The van der Waals surface area contributed by atoms with Crippen LogP contribution >= 0.6 is 0 Å². The van der Waals surface area contributed by atoms with E-state index in [4.69, 9.17) is 9.57 Å². The summed E-state index contributed by atoms with van der Waals surface area (Å²) in [7, 11) is 0. The van der Waals surface area contributed by atoms with Crippen LogP contribution in [0.25, 0.3) is 0 Å². The molecule has 78 valence electrons. The summed E-state index contributed by atoms with van der Waals surface area (Å²) in [6.07, 6.45) is 2.25. The summed E-state index contributed by atoms with van der Waals surface area (Å²) < 4.78 is 6.15. The highest BCUT2D eigenvalue weighted by Crippen LogP contribution is 2.07. The molecule has 0 spiro atoms. The van der Waals surface area contributed by atoms with Gasteiger partial charge in [-0.05, 0) is 27.7 Å². The maximum Gasteiger partial charge on any atom is 0.534 e. The number of ether oxygens (including phenoxy) is 1. The summed E-state index contributed by atoms with van der Waals surface area (Å²) >= 11 is 0. The maximum absolute atomic E-state index is 11.1. The van der Waals surface area contributed by atoms with Crippen molar-refractivity contribution < 1.29 is 14.4 Å². The second-order valence-corrected chi connectivity index (χ2v) is 3.93. The largest absolute Gasteiger partial charge is 0.534 e. The fraction of sp³-hybridized carbons (Fsp3) is 0.556. The molecule has 1 rings (SSSR count). The van der Waals surface area contributed by atoms with E-state index in [2.05, 4.69) is 4.98 Å². The zero-order valence-corrected chi connectivity index (χ0v) is 8.77. The molecule has 0 aliphatic rings. The van der Waals surface area contributed by atoms with E-state index in [0.29, 0.717) is 0 Å². The first-order valence-electron chi connectivity index (χ1n) is 4.29. The number of nitrogens with zero attached hydrogens (tertiary/aromatic N) is 2. The van der Waals surface area contributed by atoms with Gasteiger partial charge in [0.15, 0.2) is 0 Å². The summed E-state index contributed by atoms with van der Waals surface area (Å²) in [6, 6.07) is 0. The van der Waals surface area contributed by atoms with Crippen molar-refractivity contribution in [3.05, 3.63) is 18.2 Å². The molecule has 0 amide bonds. The molecular formula is C9H14N2O3. The highest BCUT2D eigenvalue weighted by Gasteiger charge is 2.18. The van der Waals surface area contributed by atoms with E-state index in [0.717, 1.165) is 5.69 Å². The van der Waals surface area contributed by atoms with E-state index in [9.17, 15) is 4.79 Å². The number of hydrogen-bond acceptors (Lipinski definition) is 4. The number of imidazole rings is 1. The molecule has 0 unspecified atom stereocenters. The van der Waals surface area contributed by atoms with Crippen molar-refractivity contribution in [1.82, 2.24) is 9.71 Å². The topological polar surface area (TPSA) is 53.4 Å². The zero-order valence-electron chi connectivity index (χ0n) is 8.77. The molecule has 14 heavy (non-hydrogen) atoms. The molecule has 5 heteroatoms. The molecule has 0 aromatic carbocycles. The number of carbonyl (C=O) groups excluding carboxylic acids is 1. The molecule has 0 aliphatic heterocycles. The van der Waals surface area contributed by atoms with Gasteiger partial charge in [-0.3, -0.25) is 0 Å². The van der Waals surface area contributed by atoms with Crippen molar-refractivity contribution in [1.29, 1.82) is 0 Å². The average Bonchev–Trinajstić information content (AvgIpc) is 2.30. The molecule has 0 radical (unpaired) electrons. The minimum absolute atomic E-state index is 0.549. The molecule has 0 bridgehead atoms. The zero-order chi connectivity index (χ0) is 10.8. The molecule has 1 aromatic rings. The number of hydrogen-bond donors (Lipinski definition) is 0. The van der Waals surface area contributed by atoms with Crippen LogP contribution in [0.1, 0.15) is 26.5 Å². The van der Waals surface area contributed by atoms with Crippen LogP contribution in [0, 0.1) is 6.92 Å². The van der Waals surface area contributed by atoms with Crippen LogP contribution in [0.4, 0.5) is 4.79 Å². The number of carbonyl (C=O) groups is 1. The maximum atomic E-state index is 11.1. The molecule has 0 saturated heterocycles. The molecule has 1 heterocycles. The third-order valence-electron chi connectivity index (χ3n) is 1.26. The molecule has 0 atom stereocenters. The molecule has 5 nitrogen and oxygen atoms in total. The van der Waals surface area contributed by atoms with E-state index in [1.165, 1.54) is 11.1 Å². The van der Waals surface area contributed by atoms with Crippen molar-refractivity contribution >= 4 is 6.16 Å². The molecular weight excluding hydrogens is 184 g/mol. The van der Waals surface area contributed by atoms with E-state index < -0.39 is 11.8 Å². The highest BCUT2D eigenvalue weighted by molar-refractivity contribution is 5.60. The lowest BCUT2D eigenvalue weighted by atomic mass is 10.2. The van der Waals surface area contributed by atoms with Gasteiger partial charge in [0.2, 0.25) is 0 Å². The first-order chi connectivity index (χ1) is 6.37. The summed E-state index contributed by atoms with van der Waals surface area (Å²) in [4.78, 5) is 19.8. The molecule has 0 saturated carbocycles. The predicted molar refractivity (Wildman–Crippen MR) is 49.8 cm³/mol. The number of rotatable bonds is 1. The van der Waals surface area contributed by atoms with E-state index in [1.54, 1.807) is 33.9 Å². The van der Waals surface area contributed by atoms with E-state index >= 15 is 0 Å². The quantitative estimate of drug-likeness (QED) is 0.642. The van der Waals surface area contributed by atoms with Gasteiger partial charge in [0, 0.05) is 0 Å². The second kappa shape index (κ2) is 3.69. The van der Waals surface area contributed by atoms with Crippen LogP contribution in [0.15, 0.2) is 12.5 Å². The van der Waals surface area contributed by atoms with Gasteiger partial charge in [0.25, 0.3) is 0 Å². The average molecular weight is 198 g/mol. The van der Waals surface area contributed by atoms with Gasteiger partial charge in [0.05, 0.1) is 11.9 Å². The van der Waals surface area contributed by atoms with Crippen LogP contribution in [0.3, 0.4) is 0 Å². The Morgan fingerprint density at radius 3 is 2.57 bits per heavy atom. The summed E-state index contributed by atoms with van der Waals surface area (Å²) in [5.74, 6) is 0. The lowest BCUT2D eigenvalue weighted by Gasteiger charge is -2.18. The molecule has 0 fully saturated rings. The van der Waals surface area contributed by atoms with Gasteiger partial charge in [-0.1, -0.05) is 0 Å². The summed E-state index contributed by atoms with van der Waals surface area (Å²) in [6.45, 7) is 7.11. The normalized spacial score (nSPS) is 11.1. The first-order valence-corrected chi connectivity index (χ1v) is 4.29. The Bertz CT molecular complexity index is 325. The first kappa shape index (κ1) is 10.6. The van der Waals surface area contributed by atoms with Crippen LogP contribution < -0.4 is 4.84 Å². The predicted octanol–water partition coefficient (Wildman–Crippen LogP) is 1.56. The van der Waals surface area contributed by atoms with Crippen molar-refractivity contribution in [3.8, 4) is 0 Å². The summed E-state index contributed by atoms with van der Waals surface area (Å²) in [5, 5.41) is 0. The monoisotopic (exact) mass is 198 g/mol. The Labute approximate surface area is 82.6 Å². The van der Waals surface area contributed by atoms with Crippen molar-refractivity contribution in [2.24, 2.45) is 0 Å². The third kappa shape index (κ3) is 3.47. The Hall–Kier alpha value is -1.52. The standard InChI is InChI=1S/C9H14N2O3/c1-7-5-11(6-10-7)14-8(12)13-9(2,3)4/h5-6H,1-4H3. The smallest absolute Gasteiger partial charge is 0.427 e. The SMILES string of the molecule is Cc1cn(OC(=O)OC(C)(C)C)cn1. The Balaban J connectivity index is 2.50. The number of aryl methyl sites for hydroxylation is 1. The minimum Gasteiger partial charge on any atom is -0.427 e. The van der Waals surface area contributed by atoms with Gasteiger partial charge < -0.3 is 9.57 Å². The van der Waals surface area contributed by atoms with Crippen LogP contribution in [-0.2, 0) is 4.74 Å². The molecule has 1 aromatic heterocycles. The summed E-state index contributed by atoms with van der Waals surface area (Å²) in [5.41, 5.74) is 0.223. The lowest BCUT2D eigenvalue weighted by Crippen LogP contribution is -2.29. The second-order valence-electron chi connectivity index (χ2n) is 3.93. The lowest BCUT2D eigenvalue weighted by molar-refractivity contribution is -0.0109. The van der Waals surface area contributed by atoms with Crippen molar-refractivity contribution in [3.63, 3.8) is 0 Å². The molecule has 0 aliphatic carbocycles. The Kier molecular flexibility index (Phi) is 2.78. The van der Waals surface area contributed by atoms with Gasteiger partial charge >= 0.3 is 6.16 Å². The fourth-order valence-corrected chi connectivity index (χ4v) is 0.803. The van der Waals surface area contributed by atoms with E-state index in [1.807, 2.05) is 0 Å². The van der Waals surface area contributed by atoms with Gasteiger partial charge in [0.1, 0.15) is 11.9 Å². The van der Waals surface area contributed by atoms with Crippen molar-refractivity contribution in [2.45, 2.75) is 33.3 Å². The van der Waals surface area contributed by atoms with Gasteiger partial charge in [-0.25, -0.2) is 9.78 Å². The van der Waals surface area contributed by atoms with Gasteiger partial charge in [-0.15, -0.1) is 0 Å². The molecule has 0 N–H and O–H groups in total. The third-order valence-corrected chi connectivity index (χ3v) is 1.26. The van der Waals surface area contributed by atoms with Crippen molar-refractivity contribution in [2.75, 3.05) is 0 Å². The Morgan fingerprint density at radius 1 is 1.50 bits per heavy atom. The fourth-order valence-electron chi connectivity index (χ4n) is 0.803. The highest BCUT2D eigenvalue weighted by atomic mass is 16.8.